The largest absolute Gasteiger partial charge is 0.329 e. The molecule has 0 aliphatic heterocycles. The van der Waals surface area contributed by atoms with Crippen molar-refractivity contribution in [2.45, 2.75) is 20.8 Å². The first kappa shape index (κ1) is 17.3. The number of amides is 2. The Labute approximate surface area is 139 Å². The number of para-hydroxylation sites is 1. The van der Waals surface area contributed by atoms with Gasteiger partial charge in [-0.2, -0.15) is 5.10 Å². The number of hydrazone groups is 1. The maximum Gasteiger partial charge on any atom is 0.329 e. The van der Waals surface area contributed by atoms with Crippen LogP contribution in [0.4, 0.5) is 10.1 Å². The molecule has 0 fully saturated rings. The molecule has 0 aliphatic rings. The average Bonchev–Trinajstić information content (AvgIpc) is 2.56. The molecule has 2 aromatic rings. The number of hydrogen-bond donors (Lipinski definition) is 2. The Hall–Kier alpha value is -3.02. The van der Waals surface area contributed by atoms with Gasteiger partial charge < -0.3 is 5.32 Å². The third kappa shape index (κ3) is 4.25. The summed E-state index contributed by atoms with van der Waals surface area (Å²) in [6, 6.07) is 11.2. The van der Waals surface area contributed by atoms with Gasteiger partial charge in [0, 0.05) is 5.69 Å². The summed E-state index contributed by atoms with van der Waals surface area (Å²) in [4.78, 5) is 23.8. The molecule has 0 radical (unpaired) electrons. The zero-order chi connectivity index (χ0) is 17.7. The van der Waals surface area contributed by atoms with Crippen LogP contribution in [0.15, 0.2) is 47.6 Å². The fourth-order valence-corrected chi connectivity index (χ4v) is 2.12. The Kier molecular flexibility index (Phi) is 5.42. The molecule has 24 heavy (non-hydrogen) atoms. The standard InChI is InChI=1S/C18H18FN3O2/c1-11-5-4-6-12(2)16(11)20-17(23)18(24)22-21-13(3)14-7-9-15(19)10-8-14/h4-10H,1-3H3,(H,20,23)(H,22,24)/b21-13+. The van der Waals surface area contributed by atoms with E-state index >= 15 is 0 Å². The van der Waals surface area contributed by atoms with Gasteiger partial charge in [0.2, 0.25) is 0 Å². The Morgan fingerprint density at radius 1 is 0.958 bits per heavy atom. The molecular weight excluding hydrogens is 309 g/mol. The van der Waals surface area contributed by atoms with Gasteiger partial charge in [0.1, 0.15) is 5.82 Å². The summed E-state index contributed by atoms with van der Waals surface area (Å²) in [5, 5.41) is 6.44. The van der Waals surface area contributed by atoms with Gasteiger partial charge in [-0.3, -0.25) is 9.59 Å². The van der Waals surface area contributed by atoms with E-state index in [0.717, 1.165) is 11.1 Å². The van der Waals surface area contributed by atoms with Crippen LogP contribution in [0.25, 0.3) is 0 Å². The second-order valence-electron chi connectivity index (χ2n) is 5.37. The molecule has 2 rings (SSSR count). The number of nitrogens with zero attached hydrogens (tertiary/aromatic N) is 1. The highest BCUT2D eigenvalue weighted by Gasteiger charge is 2.15. The SMILES string of the molecule is C/C(=N\NC(=O)C(=O)Nc1c(C)cccc1C)c1ccc(F)cc1. The summed E-state index contributed by atoms with van der Waals surface area (Å²) in [5.41, 5.74) is 5.64. The normalized spacial score (nSPS) is 11.1. The summed E-state index contributed by atoms with van der Waals surface area (Å²) in [6.45, 7) is 5.34. The molecule has 0 spiro atoms. The molecule has 6 heteroatoms. The van der Waals surface area contributed by atoms with Crippen molar-refractivity contribution in [1.82, 2.24) is 5.43 Å². The van der Waals surface area contributed by atoms with Crippen molar-refractivity contribution in [3.05, 3.63) is 65.0 Å². The van der Waals surface area contributed by atoms with E-state index in [0.29, 0.717) is 17.0 Å². The third-order valence-electron chi connectivity index (χ3n) is 3.51. The van der Waals surface area contributed by atoms with Crippen molar-refractivity contribution in [2.24, 2.45) is 5.10 Å². The molecule has 0 unspecified atom stereocenters. The van der Waals surface area contributed by atoms with Crippen LogP contribution in [0, 0.1) is 19.7 Å². The van der Waals surface area contributed by atoms with Gasteiger partial charge in [0.25, 0.3) is 0 Å². The van der Waals surface area contributed by atoms with Crippen LogP contribution < -0.4 is 10.7 Å². The summed E-state index contributed by atoms with van der Waals surface area (Å²) >= 11 is 0. The van der Waals surface area contributed by atoms with Crippen LogP contribution in [0.2, 0.25) is 0 Å². The molecule has 0 saturated heterocycles. The maximum absolute atomic E-state index is 12.9. The number of rotatable bonds is 3. The first-order chi connectivity index (χ1) is 11.4. The number of carbonyl (C=O) groups excluding carboxylic acids is 2. The van der Waals surface area contributed by atoms with Gasteiger partial charge >= 0.3 is 11.8 Å². The maximum atomic E-state index is 12.9. The van der Waals surface area contributed by atoms with Crippen LogP contribution in [-0.2, 0) is 9.59 Å². The summed E-state index contributed by atoms with van der Waals surface area (Å²) in [5.74, 6) is -2.04. The zero-order valence-electron chi connectivity index (χ0n) is 13.7. The van der Waals surface area contributed by atoms with E-state index in [9.17, 15) is 14.0 Å². The van der Waals surface area contributed by atoms with Gasteiger partial charge in [0.15, 0.2) is 0 Å². The monoisotopic (exact) mass is 327 g/mol. The minimum absolute atomic E-state index is 0.358. The highest BCUT2D eigenvalue weighted by Crippen LogP contribution is 2.19. The minimum atomic E-state index is -0.876. The van der Waals surface area contributed by atoms with Gasteiger partial charge in [0.05, 0.1) is 5.71 Å². The number of nitrogens with one attached hydrogen (secondary N) is 2. The lowest BCUT2D eigenvalue weighted by Crippen LogP contribution is -2.33. The molecule has 2 N–H and O–H groups in total. The predicted molar refractivity (Wildman–Crippen MR) is 91.3 cm³/mol. The van der Waals surface area contributed by atoms with Gasteiger partial charge in [-0.15, -0.1) is 0 Å². The van der Waals surface area contributed by atoms with Crippen molar-refractivity contribution in [3.8, 4) is 0 Å². The lowest BCUT2D eigenvalue weighted by Gasteiger charge is -2.10. The van der Waals surface area contributed by atoms with Crippen molar-refractivity contribution in [1.29, 1.82) is 0 Å². The number of benzene rings is 2. The molecule has 124 valence electrons. The average molecular weight is 327 g/mol. The van der Waals surface area contributed by atoms with E-state index < -0.39 is 11.8 Å². The smallest absolute Gasteiger partial charge is 0.317 e. The van der Waals surface area contributed by atoms with Crippen molar-refractivity contribution < 1.29 is 14.0 Å². The second-order valence-corrected chi connectivity index (χ2v) is 5.37. The molecule has 5 nitrogen and oxygen atoms in total. The summed E-state index contributed by atoms with van der Waals surface area (Å²) in [6.07, 6.45) is 0. The van der Waals surface area contributed by atoms with Crippen molar-refractivity contribution in [2.75, 3.05) is 5.32 Å². The Morgan fingerprint density at radius 3 is 2.12 bits per heavy atom. The van der Waals surface area contributed by atoms with Gasteiger partial charge in [-0.05, 0) is 49.6 Å². The van der Waals surface area contributed by atoms with Crippen molar-refractivity contribution in [3.63, 3.8) is 0 Å². The number of aryl methyl sites for hydroxylation is 2. The quantitative estimate of drug-likeness (QED) is 0.517. The van der Waals surface area contributed by atoms with Crippen LogP contribution in [0.1, 0.15) is 23.6 Å². The lowest BCUT2D eigenvalue weighted by atomic mass is 10.1. The van der Waals surface area contributed by atoms with Gasteiger partial charge in [-0.1, -0.05) is 30.3 Å². The fraction of sp³-hybridized carbons (Fsp3) is 0.167. The van der Waals surface area contributed by atoms with E-state index in [4.69, 9.17) is 0 Å². The van der Waals surface area contributed by atoms with Gasteiger partial charge in [-0.25, -0.2) is 9.82 Å². The summed E-state index contributed by atoms with van der Waals surface area (Å²) in [7, 11) is 0. The number of hydrogen-bond acceptors (Lipinski definition) is 3. The molecule has 0 bridgehead atoms. The molecule has 0 atom stereocenters. The first-order valence-corrected chi connectivity index (χ1v) is 7.36. The lowest BCUT2D eigenvalue weighted by molar-refractivity contribution is -0.136. The molecule has 2 aromatic carbocycles. The fourth-order valence-electron chi connectivity index (χ4n) is 2.12. The van der Waals surface area contributed by atoms with E-state index in [2.05, 4.69) is 15.8 Å². The minimum Gasteiger partial charge on any atom is -0.317 e. The third-order valence-corrected chi connectivity index (χ3v) is 3.51. The first-order valence-electron chi connectivity index (χ1n) is 7.36. The molecule has 0 aromatic heterocycles. The second kappa shape index (κ2) is 7.50. The van der Waals surface area contributed by atoms with E-state index in [1.165, 1.54) is 24.3 Å². The van der Waals surface area contributed by atoms with Crippen molar-refractivity contribution >= 4 is 23.2 Å². The topological polar surface area (TPSA) is 70.6 Å². The molecule has 0 heterocycles. The van der Waals surface area contributed by atoms with Crippen LogP contribution in [0.5, 0.6) is 0 Å². The van der Waals surface area contributed by atoms with Crippen LogP contribution in [-0.4, -0.2) is 17.5 Å². The number of anilines is 1. The van der Waals surface area contributed by atoms with Crippen LogP contribution >= 0.6 is 0 Å². The van der Waals surface area contributed by atoms with Crippen LogP contribution in [0.3, 0.4) is 0 Å². The molecular formula is C18H18FN3O2. The Morgan fingerprint density at radius 2 is 1.54 bits per heavy atom. The van der Waals surface area contributed by atoms with E-state index in [1.807, 2.05) is 32.0 Å². The summed E-state index contributed by atoms with van der Waals surface area (Å²) < 4.78 is 12.9. The molecule has 0 saturated carbocycles. The zero-order valence-corrected chi connectivity index (χ0v) is 13.7. The molecule has 2 amide bonds. The van der Waals surface area contributed by atoms with E-state index in [-0.39, 0.29) is 5.82 Å². The highest BCUT2D eigenvalue weighted by atomic mass is 19.1. The Balaban J connectivity index is 2.02. The Bertz CT molecular complexity index is 778. The number of halogens is 1. The highest BCUT2D eigenvalue weighted by molar-refractivity contribution is 6.39. The van der Waals surface area contributed by atoms with E-state index in [1.54, 1.807) is 6.92 Å². The molecule has 0 aliphatic carbocycles. The number of carbonyl (C=O) groups is 2. The predicted octanol–water partition coefficient (Wildman–Crippen LogP) is 2.92.